The van der Waals surface area contributed by atoms with Crippen LogP contribution in [0.5, 0.6) is 5.75 Å². The lowest BCUT2D eigenvalue weighted by molar-refractivity contribution is -0.137. The molecule has 1 N–H and O–H groups in total. The minimum atomic E-state index is -4.44. The molecule has 0 aliphatic rings. The molecule has 2 nitrogen and oxygen atoms in total. The highest BCUT2D eigenvalue weighted by Crippen LogP contribution is 2.39. The number of ether oxygens (including phenoxy) is 1. The maximum atomic E-state index is 13.1. The van der Waals surface area contributed by atoms with E-state index in [4.69, 9.17) is 4.74 Å². The third-order valence-electron chi connectivity index (χ3n) is 2.92. The Hall–Kier alpha value is -1.21. The molecule has 0 spiro atoms. The molecule has 1 heterocycles. The smallest absolute Gasteiger partial charge is 0.418 e. The van der Waals surface area contributed by atoms with Crippen molar-refractivity contribution >= 4 is 33.0 Å². The van der Waals surface area contributed by atoms with Crippen LogP contribution >= 0.6 is 27.3 Å². The number of benzene rings is 1. The number of thiophene rings is 1. The minimum absolute atomic E-state index is 0.0420. The summed E-state index contributed by atoms with van der Waals surface area (Å²) in [5.41, 5.74) is -0.690. The molecular formula is C14H13BrF3NOS. The van der Waals surface area contributed by atoms with Gasteiger partial charge in [0.05, 0.1) is 18.7 Å². The average Bonchev–Trinajstić information content (AvgIpc) is 2.84. The molecule has 0 fully saturated rings. The van der Waals surface area contributed by atoms with Crippen LogP contribution in [0.15, 0.2) is 34.1 Å². The molecule has 0 aliphatic heterocycles. The highest BCUT2D eigenvalue weighted by atomic mass is 79.9. The summed E-state index contributed by atoms with van der Waals surface area (Å²) in [7, 11) is 1.34. The topological polar surface area (TPSA) is 21.3 Å². The second-order valence-corrected chi connectivity index (χ2v) is 6.30. The second kappa shape index (κ2) is 6.27. The van der Waals surface area contributed by atoms with Crippen molar-refractivity contribution in [1.29, 1.82) is 0 Å². The molecule has 2 aromatic rings. The number of nitrogens with one attached hydrogen (secondary N) is 1. The van der Waals surface area contributed by atoms with Gasteiger partial charge in [0.1, 0.15) is 5.75 Å². The summed E-state index contributed by atoms with van der Waals surface area (Å²) in [5.74, 6) is 0.180. The average molecular weight is 380 g/mol. The Morgan fingerprint density at radius 2 is 2.00 bits per heavy atom. The molecule has 0 saturated carbocycles. The van der Waals surface area contributed by atoms with Gasteiger partial charge in [-0.3, -0.25) is 0 Å². The van der Waals surface area contributed by atoms with Gasteiger partial charge in [-0.05, 0) is 47.1 Å². The fraction of sp³-hybridized carbons (Fsp3) is 0.286. The second-order valence-electron chi connectivity index (χ2n) is 4.44. The molecule has 7 heteroatoms. The number of halogens is 4. The number of methoxy groups -OCH3 is 1. The third-order valence-corrected chi connectivity index (χ3v) is 4.79. The van der Waals surface area contributed by atoms with Crippen molar-refractivity contribution in [2.75, 3.05) is 12.4 Å². The van der Waals surface area contributed by atoms with Crippen molar-refractivity contribution in [2.24, 2.45) is 0 Å². The maximum absolute atomic E-state index is 13.1. The predicted octanol–water partition coefficient (Wildman–Crippen LogP) is 5.71. The van der Waals surface area contributed by atoms with Crippen LogP contribution < -0.4 is 10.1 Å². The molecule has 2 rings (SSSR count). The van der Waals surface area contributed by atoms with Crippen LogP contribution in [-0.2, 0) is 6.18 Å². The Balaban J connectivity index is 2.31. The zero-order valence-electron chi connectivity index (χ0n) is 11.3. The number of rotatable bonds is 4. The number of anilines is 1. The van der Waals surface area contributed by atoms with Crippen LogP contribution in [0.1, 0.15) is 23.4 Å². The SMILES string of the molecule is COc1ccc(NC(C)c2cc(Br)cs2)c(C(F)(F)F)c1. The molecule has 1 aromatic carbocycles. The highest BCUT2D eigenvalue weighted by Gasteiger charge is 2.34. The van der Waals surface area contributed by atoms with Crippen molar-refractivity contribution in [2.45, 2.75) is 19.1 Å². The fourth-order valence-electron chi connectivity index (χ4n) is 1.87. The van der Waals surface area contributed by atoms with E-state index in [9.17, 15) is 13.2 Å². The van der Waals surface area contributed by atoms with Gasteiger partial charge < -0.3 is 10.1 Å². The fourth-order valence-corrected chi connectivity index (χ4v) is 3.32. The van der Waals surface area contributed by atoms with Gasteiger partial charge in [-0.2, -0.15) is 13.2 Å². The van der Waals surface area contributed by atoms with E-state index in [0.29, 0.717) is 0 Å². The summed E-state index contributed by atoms with van der Waals surface area (Å²) in [6, 6.07) is 5.56. The summed E-state index contributed by atoms with van der Waals surface area (Å²) in [6.07, 6.45) is -4.44. The van der Waals surface area contributed by atoms with E-state index in [1.807, 2.05) is 18.4 Å². The van der Waals surface area contributed by atoms with Gasteiger partial charge in [0.25, 0.3) is 0 Å². The van der Waals surface area contributed by atoms with Gasteiger partial charge in [0, 0.05) is 20.4 Å². The normalized spacial score (nSPS) is 13.0. The zero-order chi connectivity index (χ0) is 15.6. The first-order valence-electron chi connectivity index (χ1n) is 6.07. The Kier molecular flexibility index (Phi) is 4.83. The number of hydrogen-bond acceptors (Lipinski definition) is 3. The molecule has 0 bridgehead atoms. The van der Waals surface area contributed by atoms with Crippen LogP contribution in [0, 0.1) is 0 Å². The summed E-state index contributed by atoms with van der Waals surface area (Å²) in [6.45, 7) is 1.82. The van der Waals surface area contributed by atoms with Crippen molar-refractivity contribution in [3.8, 4) is 5.75 Å². The molecule has 1 unspecified atom stereocenters. The quantitative estimate of drug-likeness (QED) is 0.734. The lowest BCUT2D eigenvalue weighted by atomic mass is 10.1. The monoisotopic (exact) mass is 379 g/mol. The first kappa shape index (κ1) is 16.2. The van der Waals surface area contributed by atoms with Gasteiger partial charge in [-0.25, -0.2) is 0 Å². The van der Waals surface area contributed by atoms with E-state index >= 15 is 0 Å². The van der Waals surface area contributed by atoms with Gasteiger partial charge in [-0.15, -0.1) is 11.3 Å². The molecular weight excluding hydrogens is 367 g/mol. The molecule has 21 heavy (non-hydrogen) atoms. The predicted molar refractivity (Wildman–Crippen MR) is 82.1 cm³/mol. The van der Waals surface area contributed by atoms with E-state index in [1.165, 1.54) is 30.6 Å². The van der Waals surface area contributed by atoms with Gasteiger partial charge in [-0.1, -0.05) is 0 Å². The first-order chi connectivity index (χ1) is 9.81. The third kappa shape index (κ3) is 3.91. The lowest BCUT2D eigenvalue weighted by Gasteiger charge is -2.19. The first-order valence-corrected chi connectivity index (χ1v) is 7.74. The standard InChI is InChI=1S/C14H13BrF3NOS/c1-8(13-5-9(15)7-21-13)19-12-4-3-10(20-2)6-11(12)14(16,17)18/h3-8,19H,1-2H3. The van der Waals surface area contributed by atoms with Crippen LogP contribution in [0.2, 0.25) is 0 Å². The van der Waals surface area contributed by atoms with E-state index in [-0.39, 0.29) is 17.5 Å². The van der Waals surface area contributed by atoms with Crippen molar-refractivity contribution in [3.63, 3.8) is 0 Å². The molecule has 1 aromatic heterocycles. The van der Waals surface area contributed by atoms with E-state index in [2.05, 4.69) is 21.2 Å². The minimum Gasteiger partial charge on any atom is -0.497 e. The van der Waals surface area contributed by atoms with Crippen molar-refractivity contribution < 1.29 is 17.9 Å². The molecule has 0 amide bonds. The number of alkyl halides is 3. The summed E-state index contributed by atoms with van der Waals surface area (Å²) in [4.78, 5) is 0.950. The van der Waals surface area contributed by atoms with Crippen LogP contribution in [0.4, 0.5) is 18.9 Å². The molecule has 114 valence electrons. The molecule has 1 atom stereocenters. The van der Waals surface area contributed by atoms with E-state index in [0.717, 1.165) is 15.4 Å². The molecule has 0 radical (unpaired) electrons. The molecule has 0 saturated heterocycles. The summed E-state index contributed by atoms with van der Waals surface area (Å²) < 4.78 is 45.1. The van der Waals surface area contributed by atoms with Crippen molar-refractivity contribution in [3.05, 3.63) is 44.6 Å². The summed E-state index contributed by atoms with van der Waals surface area (Å²) >= 11 is 4.82. The Labute approximate surface area is 133 Å². The Bertz CT molecular complexity index is 627. The van der Waals surface area contributed by atoms with Gasteiger partial charge >= 0.3 is 6.18 Å². The van der Waals surface area contributed by atoms with Crippen LogP contribution in [-0.4, -0.2) is 7.11 Å². The van der Waals surface area contributed by atoms with Crippen LogP contribution in [0.3, 0.4) is 0 Å². The van der Waals surface area contributed by atoms with Crippen LogP contribution in [0.25, 0.3) is 0 Å². The lowest BCUT2D eigenvalue weighted by Crippen LogP contribution is -2.13. The van der Waals surface area contributed by atoms with Gasteiger partial charge in [0.2, 0.25) is 0 Å². The zero-order valence-corrected chi connectivity index (χ0v) is 13.7. The largest absolute Gasteiger partial charge is 0.497 e. The Morgan fingerprint density at radius 3 is 2.52 bits per heavy atom. The summed E-state index contributed by atoms with van der Waals surface area (Å²) in [5, 5.41) is 4.81. The van der Waals surface area contributed by atoms with E-state index in [1.54, 1.807) is 0 Å². The van der Waals surface area contributed by atoms with Gasteiger partial charge in [0.15, 0.2) is 0 Å². The van der Waals surface area contributed by atoms with E-state index < -0.39 is 11.7 Å². The molecule has 0 aliphatic carbocycles. The van der Waals surface area contributed by atoms with Crippen molar-refractivity contribution in [1.82, 2.24) is 0 Å². The highest BCUT2D eigenvalue weighted by molar-refractivity contribution is 9.10. The number of hydrogen-bond donors (Lipinski definition) is 1. The Morgan fingerprint density at radius 1 is 1.29 bits per heavy atom. The maximum Gasteiger partial charge on any atom is 0.418 e.